The van der Waals surface area contributed by atoms with Crippen molar-refractivity contribution in [1.82, 2.24) is 5.32 Å². The molecule has 0 atom stereocenters. The number of carbonyl (C=O) groups excluding carboxylic acids is 2. The Morgan fingerprint density at radius 3 is 2.35 bits per heavy atom. The maximum Gasteiger partial charge on any atom is 0.344 e. The summed E-state index contributed by atoms with van der Waals surface area (Å²) in [6, 6.07) is 7.47. The first kappa shape index (κ1) is 17.4. The van der Waals surface area contributed by atoms with E-state index in [0.717, 1.165) is 42.6 Å². The van der Waals surface area contributed by atoms with Crippen molar-refractivity contribution in [1.29, 1.82) is 0 Å². The van der Waals surface area contributed by atoms with Crippen LogP contribution in [0.25, 0.3) is 0 Å². The van der Waals surface area contributed by atoms with Crippen LogP contribution in [0.15, 0.2) is 24.3 Å². The number of hydrogen-bond acceptors (Lipinski definition) is 4. The van der Waals surface area contributed by atoms with E-state index in [1.54, 1.807) is 6.07 Å². The second kappa shape index (κ2) is 6.93. The van der Waals surface area contributed by atoms with Gasteiger partial charge in [-0.3, -0.25) is 4.79 Å². The number of amides is 1. The van der Waals surface area contributed by atoms with Crippen LogP contribution in [0.5, 0.6) is 5.75 Å². The lowest BCUT2D eigenvalue weighted by molar-refractivity contribution is -0.151. The third-order valence-corrected chi connectivity index (χ3v) is 6.15. The Kier molecular flexibility index (Phi) is 4.63. The summed E-state index contributed by atoms with van der Waals surface area (Å²) < 4.78 is 10.5. The molecule has 0 spiro atoms. The first-order valence-electron chi connectivity index (χ1n) is 9.66. The Hall–Kier alpha value is -2.04. The van der Waals surface area contributed by atoms with Gasteiger partial charge in [0.05, 0.1) is 0 Å². The van der Waals surface area contributed by atoms with Crippen LogP contribution < -0.4 is 10.1 Å². The molecule has 5 rings (SSSR count). The molecule has 26 heavy (non-hydrogen) atoms. The van der Waals surface area contributed by atoms with Gasteiger partial charge in [-0.2, -0.15) is 0 Å². The lowest BCUT2D eigenvalue weighted by Gasteiger charge is -2.56. The van der Waals surface area contributed by atoms with Crippen LogP contribution in [-0.2, 0) is 14.3 Å². The van der Waals surface area contributed by atoms with E-state index in [1.807, 2.05) is 25.1 Å². The Morgan fingerprint density at radius 2 is 1.73 bits per heavy atom. The molecule has 0 aliphatic heterocycles. The standard InChI is InChI=1S/C21H27NO4/c1-14-3-2-4-18(5-14)25-13-20(24)26-12-19(23)22-21-9-15-6-16(10-21)8-17(7-15)11-21/h2-5,15-17H,6-13H2,1H3,(H,22,23). The van der Waals surface area contributed by atoms with Crippen LogP contribution in [0, 0.1) is 24.7 Å². The van der Waals surface area contributed by atoms with Gasteiger partial charge in [0.1, 0.15) is 5.75 Å². The van der Waals surface area contributed by atoms with Crippen LogP contribution in [0.2, 0.25) is 0 Å². The van der Waals surface area contributed by atoms with Crippen molar-refractivity contribution in [2.75, 3.05) is 13.2 Å². The fraction of sp³-hybridized carbons (Fsp3) is 0.619. The molecule has 140 valence electrons. The fourth-order valence-corrected chi connectivity index (χ4v) is 5.63. The molecule has 4 bridgehead atoms. The van der Waals surface area contributed by atoms with Crippen molar-refractivity contribution in [2.45, 2.75) is 51.0 Å². The molecule has 1 aromatic rings. The molecule has 4 aliphatic rings. The normalized spacial score (nSPS) is 31.5. The molecule has 4 fully saturated rings. The minimum atomic E-state index is -0.521. The monoisotopic (exact) mass is 357 g/mol. The molecule has 0 unspecified atom stereocenters. The van der Waals surface area contributed by atoms with Gasteiger partial charge in [0.2, 0.25) is 0 Å². The van der Waals surface area contributed by atoms with E-state index in [-0.39, 0.29) is 24.7 Å². The minimum absolute atomic E-state index is 0.0453. The molecule has 0 saturated heterocycles. The summed E-state index contributed by atoms with van der Waals surface area (Å²) in [6.45, 7) is 1.55. The van der Waals surface area contributed by atoms with Crippen LogP contribution in [0.4, 0.5) is 0 Å². The zero-order chi connectivity index (χ0) is 18.1. The Labute approximate surface area is 154 Å². The van der Waals surface area contributed by atoms with Crippen molar-refractivity contribution in [3.63, 3.8) is 0 Å². The average Bonchev–Trinajstić information content (AvgIpc) is 2.56. The summed E-state index contributed by atoms with van der Waals surface area (Å²) in [6.07, 6.45) is 7.28. The maximum atomic E-state index is 12.3. The molecule has 0 radical (unpaired) electrons. The third kappa shape index (κ3) is 3.87. The van der Waals surface area contributed by atoms with Gasteiger partial charge in [-0.05, 0) is 80.9 Å². The van der Waals surface area contributed by atoms with Crippen molar-refractivity contribution in [3.8, 4) is 5.75 Å². The topological polar surface area (TPSA) is 64.6 Å². The minimum Gasteiger partial charge on any atom is -0.482 e. The molecule has 1 amide bonds. The van der Waals surface area contributed by atoms with Crippen molar-refractivity contribution >= 4 is 11.9 Å². The van der Waals surface area contributed by atoms with Crippen LogP contribution in [0.3, 0.4) is 0 Å². The number of aryl methyl sites for hydroxylation is 1. The van der Waals surface area contributed by atoms with Crippen molar-refractivity contribution < 1.29 is 19.1 Å². The molecular weight excluding hydrogens is 330 g/mol. The van der Waals surface area contributed by atoms with E-state index in [1.165, 1.54) is 19.3 Å². The van der Waals surface area contributed by atoms with Gasteiger partial charge in [-0.15, -0.1) is 0 Å². The largest absolute Gasteiger partial charge is 0.482 e. The maximum absolute atomic E-state index is 12.3. The summed E-state index contributed by atoms with van der Waals surface area (Å²) in [5.74, 6) is 2.23. The highest BCUT2D eigenvalue weighted by atomic mass is 16.6. The number of carbonyl (C=O) groups is 2. The van der Waals surface area contributed by atoms with E-state index in [4.69, 9.17) is 9.47 Å². The highest BCUT2D eigenvalue weighted by Crippen LogP contribution is 2.55. The number of nitrogens with one attached hydrogen (secondary N) is 1. The number of esters is 1. The predicted octanol–water partition coefficient (Wildman–Crippen LogP) is 3.00. The van der Waals surface area contributed by atoms with E-state index in [9.17, 15) is 9.59 Å². The van der Waals surface area contributed by atoms with Crippen LogP contribution in [-0.4, -0.2) is 30.6 Å². The van der Waals surface area contributed by atoms with Crippen LogP contribution in [0.1, 0.15) is 44.1 Å². The summed E-state index contributed by atoms with van der Waals surface area (Å²) in [5.41, 5.74) is 1.02. The third-order valence-electron chi connectivity index (χ3n) is 6.15. The van der Waals surface area contributed by atoms with Gasteiger partial charge in [-0.1, -0.05) is 12.1 Å². The molecule has 1 N–H and O–H groups in total. The van der Waals surface area contributed by atoms with Gasteiger partial charge < -0.3 is 14.8 Å². The van der Waals surface area contributed by atoms with Gasteiger partial charge in [0.25, 0.3) is 5.91 Å². The van der Waals surface area contributed by atoms with Crippen molar-refractivity contribution in [2.24, 2.45) is 17.8 Å². The molecule has 0 aromatic heterocycles. The predicted molar refractivity (Wildman–Crippen MR) is 96.7 cm³/mol. The number of hydrogen-bond donors (Lipinski definition) is 1. The fourth-order valence-electron chi connectivity index (χ4n) is 5.63. The lowest BCUT2D eigenvalue weighted by atomic mass is 9.53. The Bertz CT molecular complexity index is 664. The molecule has 0 heterocycles. The zero-order valence-corrected chi connectivity index (χ0v) is 15.3. The number of rotatable bonds is 6. The smallest absolute Gasteiger partial charge is 0.344 e. The van der Waals surface area contributed by atoms with E-state index in [0.29, 0.717) is 5.75 Å². The molecule has 1 aromatic carbocycles. The molecule has 4 aliphatic carbocycles. The number of ether oxygens (including phenoxy) is 2. The molecule has 5 heteroatoms. The van der Waals surface area contributed by atoms with Gasteiger partial charge in [-0.25, -0.2) is 4.79 Å². The first-order chi connectivity index (χ1) is 12.5. The summed E-state index contributed by atoms with van der Waals surface area (Å²) >= 11 is 0. The molecule has 4 saturated carbocycles. The second-order valence-corrected chi connectivity index (χ2v) is 8.51. The summed E-state index contributed by atoms with van der Waals surface area (Å²) in [7, 11) is 0. The second-order valence-electron chi connectivity index (χ2n) is 8.51. The highest BCUT2D eigenvalue weighted by Gasteiger charge is 2.51. The SMILES string of the molecule is Cc1cccc(OCC(=O)OCC(=O)NC23CC4CC(CC(C4)C2)C3)c1. The zero-order valence-electron chi connectivity index (χ0n) is 15.3. The number of benzene rings is 1. The average molecular weight is 357 g/mol. The highest BCUT2D eigenvalue weighted by molar-refractivity contribution is 5.81. The lowest BCUT2D eigenvalue weighted by Crippen LogP contribution is -2.60. The molecule has 5 nitrogen and oxygen atoms in total. The molecular formula is C21H27NO4. The van der Waals surface area contributed by atoms with Gasteiger partial charge >= 0.3 is 5.97 Å². The van der Waals surface area contributed by atoms with E-state index >= 15 is 0 Å². The van der Waals surface area contributed by atoms with Gasteiger partial charge in [0.15, 0.2) is 13.2 Å². The summed E-state index contributed by atoms with van der Waals surface area (Å²) in [5, 5.41) is 3.20. The Balaban J connectivity index is 1.22. The first-order valence-corrected chi connectivity index (χ1v) is 9.66. The van der Waals surface area contributed by atoms with E-state index < -0.39 is 5.97 Å². The van der Waals surface area contributed by atoms with Crippen molar-refractivity contribution in [3.05, 3.63) is 29.8 Å². The van der Waals surface area contributed by atoms with Crippen LogP contribution >= 0.6 is 0 Å². The Morgan fingerprint density at radius 1 is 1.08 bits per heavy atom. The summed E-state index contributed by atoms with van der Waals surface area (Å²) in [4.78, 5) is 24.2. The van der Waals surface area contributed by atoms with E-state index in [2.05, 4.69) is 5.32 Å². The van der Waals surface area contributed by atoms with Gasteiger partial charge in [0, 0.05) is 5.54 Å². The quantitative estimate of drug-likeness (QED) is 0.795.